The SMILES string of the molecule is CCNC1C(CN(CC)CCO)CCC1(C)C. The van der Waals surface area contributed by atoms with Gasteiger partial charge in [-0.05, 0) is 37.3 Å². The van der Waals surface area contributed by atoms with Crippen LogP contribution in [0.15, 0.2) is 0 Å². The van der Waals surface area contributed by atoms with Gasteiger partial charge in [-0.3, -0.25) is 0 Å². The molecule has 0 saturated heterocycles. The first kappa shape index (κ1) is 14.9. The van der Waals surface area contributed by atoms with Gasteiger partial charge >= 0.3 is 0 Å². The summed E-state index contributed by atoms with van der Waals surface area (Å²) in [5.41, 5.74) is 0.416. The number of hydrogen-bond acceptors (Lipinski definition) is 3. The molecule has 0 aromatic rings. The van der Waals surface area contributed by atoms with Crippen LogP contribution in [0.3, 0.4) is 0 Å². The highest BCUT2D eigenvalue weighted by atomic mass is 16.3. The van der Waals surface area contributed by atoms with E-state index in [1.165, 1.54) is 12.8 Å². The fraction of sp³-hybridized carbons (Fsp3) is 1.00. The van der Waals surface area contributed by atoms with Crippen molar-refractivity contribution in [1.29, 1.82) is 0 Å². The van der Waals surface area contributed by atoms with Crippen LogP contribution in [0.1, 0.15) is 40.5 Å². The zero-order chi connectivity index (χ0) is 12.9. The lowest BCUT2D eigenvalue weighted by atomic mass is 9.84. The molecule has 2 atom stereocenters. The normalized spacial score (nSPS) is 27.9. The van der Waals surface area contributed by atoms with E-state index in [0.29, 0.717) is 11.5 Å². The lowest BCUT2D eigenvalue weighted by Gasteiger charge is -2.34. The summed E-state index contributed by atoms with van der Waals surface area (Å²) in [5, 5.41) is 12.7. The van der Waals surface area contributed by atoms with Gasteiger partial charge in [-0.2, -0.15) is 0 Å². The number of rotatable bonds is 7. The van der Waals surface area contributed by atoms with Crippen molar-refractivity contribution in [1.82, 2.24) is 10.2 Å². The molecule has 0 amide bonds. The minimum absolute atomic E-state index is 0.274. The Hall–Kier alpha value is -0.120. The Balaban J connectivity index is 2.57. The molecule has 0 aromatic heterocycles. The largest absolute Gasteiger partial charge is 0.395 e. The van der Waals surface area contributed by atoms with E-state index < -0.39 is 0 Å². The van der Waals surface area contributed by atoms with Crippen molar-refractivity contribution in [3.05, 3.63) is 0 Å². The summed E-state index contributed by atoms with van der Waals surface area (Å²) in [5.74, 6) is 0.733. The molecular weight excluding hydrogens is 212 g/mol. The number of nitrogens with zero attached hydrogens (tertiary/aromatic N) is 1. The van der Waals surface area contributed by atoms with Crippen LogP contribution < -0.4 is 5.32 Å². The zero-order valence-corrected chi connectivity index (χ0v) is 12.0. The van der Waals surface area contributed by atoms with Gasteiger partial charge in [0.05, 0.1) is 6.61 Å². The van der Waals surface area contributed by atoms with Crippen molar-refractivity contribution < 1.29 is 5.11 Å². The molecule has 1 aliphatic rings. The van der Waals surface area contributed by atoms with Crippen LogP contribution in [-0.4, -0.2) is 48.8 Å². The maximum atomic E-state index is 9.06. The van der Waals surface area contributed by atoms with Crippen molar-refractivity contribution in [2.45, 2.75) is 46.6 Å². The van der Waals surface area contributed by atoms with Crippen LogP contribution in [0.25, 0.3) is 0 Å². The van der Waals surface area contributed by atoms with Gasteiger partial charge in [-0.1, -0.05) is 27.7 Å². The maximum Gasteiger partial charge on any atom is 0.0558 e. The van der Waals surface area contributed by atoms with Crippen molar-refractivity contribution in [3.8, 4) is 0 Å². The van der Waals surface area contributed by atoms with Gasteiger partial charge in [0.25, 0.3) is 0 Å². The fourth-order valence-corrected chi connectivity index (χ4v) is 3.23. The molecular formula is C14H30N2O. The zero-order valence-electron chi connectivity index (χ0n) is 12.0. The van der Waals surface area contributed by atoms with E-state index in [1.807, 2.05) is 0 Å². The molecule has 0 aromatic carbocycles. The van der Waals surface area contributed by atoms with E-state index in [9.17, 15) is 0 Å². The van der Waals surface area contributed by atoms with E-state index in [4.69, 9.17) is 5.11 Å². The number of aliphatic hydroxyl groups excluding tert-OH is 1. The first-order valence-electron chi connectivity index (χ1n) is 7.11. The molecule has 3 nitrogen and oxygen atoms in total. The predicted molar refractivity (Wildman–Crippen MR) is 73.2 cm³/mol. The van der Waals surface area contributed by atoms with Gasteiger partial charge < -0.3 is 15.3 Å². The minimum atomic E-state index is 0.274. The molecule has 1 fully saturated rings. The molecule has 2 unspecified atom stereocenters. The van der Waals surface area contributed by atoms with Crippen LogP contribution in [0.4, 0.5) is 0 Å². The second-order valence-electron chi connectivity index (χ2n) is 5.94. The molecule has 1 rings (SSSR count). The lowest BCUT2D eigenvalue weighted by Crippen LogP contribution is -2.46. The molecule has 0 spiro atoms. The molecule has 3 heteroatoms. The lowest BCUT2D eigenvalue weighted by molar-refractivity contribution is 0.159. The number of likely N-dealkylation sites (N-methyl/N-ethyl adjacent to an activating group) is 1. The Morgan fingerprint density at radius 2 is 2.06 bits per heavy atom. The van der Waals surface area contributed by atoms with Crippen molar-refractivity contribution in [2.75, 3.05) is 32.8 Å². The topological polar surface area (TPSA) is 35.5 Å². The van der Waals surface area contributed by atoms with Gasteiger partial charge in [0.2, 0.25) is 0 Å². The smallest absolute Gasteiger partial charge is 0.0558 e. The van der Waals surface area contributed by atoms with Gasteiger partial charge in [0, 0.05) is 19.1 Å². The monoisotopic (exact) mass is 242 g/mol. The van der Waals surface area contributed by atoms with Crippen LogP contribution in [0.5, 0.6) is 0 Å². The Morgan fingerprint density at radius 1 is 1.35 bits per heavy atom. The predicted octanol–water partition coefficient (Wildman–Crippen LogP) is 1.71. The standard InChI is InChI=1S/C14H30N2O/c1-5-15-13-12(7-8-14(13,3)4)11-16(6-2)9-10-17/h12-13,15,17H,5-11H2,1-4H3. The molecule has 1 aliphatic carbocycles. The third kappa shape index (κ3) is 3.94. The average Bonchev–Trinajstić information content (AvgIpc) is 2.56. The summed E-state index contributed by atoms with van der Waals surface area (Å²) < 4.78 is 0. The average molecular weight is 242 g/mol. The van der Waals surface area contributed by atoms with Gasteiger partial charge in [0.15, 0.2) is 0 Å². The highest BCUT2D eigenvalue weighted by Gasteiger charge is 2.41. The fourth-order valence-electron chi connectivity index (χ4n) is 3.23. The van der Waals surface area contributed by atoms with E-state index in [0.717, 1.165) is 32.1 Å². The highest BCUT2D eigenvalue weighted by Crippen LogP contribution is 2.41. The third-order valence-corrected chi connectivity index (χ3v) is 4.25. The maximum absolute atomic E-state index is 9.06. The van der Waals surface area contributed by atoms with Gasteiger partial charge in [0.1, 0.15) is 0 Å². The summed E-state index contributed by atoms with van der Waals surface area (Å²) in [6.45, 7) is 13.4. The minimum Gasteiger partial charge on any atom is -0.395 e. The molecule has 0 aliphatic heterocycles. The quantitative estimate of drug-likeness (QED) is 0.713. The van der Waals surface area contributed by atoms with E-state index in [1.54, 1.807) is 0 Å². The summed E-state index contributed by atoms with van der Waals surface area (Å²) in [6, 6.07) is 0.625. The molecule has 0 bridgehead atoms. The third-order valence-electron chi connectivity index (χ3n) is 4.25. The van der Waals surface area contributed by atoms with Crippen LogP contribution in [0, 0.1) is 11.3 Å². The Labute approximate surface area is 107 Å². The molecule has 0 heterocycles. The molecule has 1 saturated carbocycles. The molecule has 102 valence electrons. The Bertz CT molecular complexity index is 218. The summed E-state index contributed by atoms with van der Waals surface area (Å²) in [6.07, 6.45) is 2.62. The van der Waals surface area contributed by atoms with Crippen LogP contribution in [0.2, 0.25) is 0 Å². The summed E-state index contributed by atoms with van der Waals surface area (Å²) >= 11 is 0. The van der Waals surface area contributed by atoms with Crippen molar-refractivity contribution in [3.63, 3.8) is 0 Å². The number of aliphatic hydroxyl groups is 1. The van der Waals surface area contributed by atoms with Crippen molar-refractivity contribution in [2.24, 2.45) is 11.3 Å². The van der Waals surface area contributed by atoms with Crippen LogP contribution in [-0.2, 0) is 0 Å². The first-order valence-corrected chi connectivity index (χ1v) is 7.11. The van der Waals surface area contributed by atoms with E-state index >= 15 is 0 Å². The second kappa shape index (κ2) is 6.72. The van der Waals surface area contributed by atoms with Crippen LogP contribution >= 0.6 is 0 Å². The summed E-state index contributed by atoms with van der Waals surface area (Å²) in [7, 11) is 0. The Morgan fingerprint density at radius 3 is 2.59 bits per heavy atom. The van der Waals surface area contributed by atoms with Crippen molar-refractivity contribution >= 4 is 0 Å². The molecule has 2 N–H and O–H groups in total. The second-order valence-corrected chi connectivity index (χ2v) is 5.94. The number of hydrogen-bond donors (Lipinski definition) is 2. The first-order chi connectivity index (χ1) is 8.05. The molecule has 17 heavy (non-hydrogen) atoms. The molecule has 0 radical (unpaired) electrons. The number of nitrogens with one attached hydrogen (secondary N) is 1. The van der Waals surface area contributed by atoms with E-state index in [2.05, 4.69) is 37.9 Å². The highest BCUT2D eigenvalue weighted by molar-refractivity contribution is 4.96. The summed E-state index contributed by atoms with van der Waals surface area (Å²) in [4.78, 5) is 2.37. The Kier molecular flexibility index (Phi) is 5.90. The van der Waals surface area contributed by atoms with Gasteiger partial charge in [-0.15, -0.1) is 0 Å². The van der Waals surface area contributed by atoms with Gasteiger partial charge in [-0.25, -0.2) is 0 Å². The van der Waals surface area contributed by atoms with E-state index in [-0.39, 0.29) is 6.61 Å².